The second-order valence-electron chi connectivity index (χ2n) is 5.94. The standard InChI is InChI=1S/C20H18N4O3S/c25-19(8-5-15-3-6-17(7-4-15)24(26)27)22-11-1-2-20-23-18(14-28-20)16-9-12-21-13-10-16/h3-10,12-14H,1-2,11H2,(H,22,25)/b8-5+. The second-order valence-corrected chi connectivity index (χ2v) is 6.88. The Labute approximate surface area is 165 Å². The number of rotatable bonds is 8. The van der Waals surface area contributed by atoms with Crippen LogP contribution < -0.4 is 5.32 Å². The summed E-state index contributed by atoms with van der Waals surface area (Å²) < 4.78 is 0. The highest BCUT2D eigenvalue weighted by molar-refractivity contribution is 7.09. The molecule has 7 nitrogen and oxygen atoms in total. The number of nitrogens with zero attached hydrogens (tertiary/aromatic N) is 3. The van der Waals surface area contributed by atoms with Crippen LogP contribution in [0.1, 0.15) is 17.0 Å². The molecular weight excluding hydrogens is 376 g/mol. The van der Waals surface area contributed by atoms with E-state index in [-0.39, 0.29) is 11.6 Å². The van der Waals surface area contributed by atoms with E-state index in [1.807, 2.05) is 17.5 Å². The molecule has 0 aliphatic heterocycles. The Balaban J connectivity index is 1.41. The zero-order valence-electron chi connectivity index (χ0n) is 14.9. The summed E-state index contributed by atoms with van der Waals surface area (Å²) in [6, 6.07) is 9.87. The molecule has 28 heavy (non-hydrogen) atoms. The first-order valence-electron chi connectivity index (χ1n) is 8.67. The lowest BCUT2D eigenvalue weighted by atomic mass is 10.2. The van der Waals surface area contributed by atoms with Crippen molar-refractivity contribution in [1.82, 2.24) is 15.3 Å². The number of amides is 1. The van der Waals surface area contributed by atoms with Gasteiger partial charge in [0.05, 0.1) is 15.6 Å². The SMILES string of the molecule is O=C(/C=C/c1ccc([N+](=O)[O-])cc1)NCCCc1nc(-c2ccncc2)cs1. The van der Waals surface area contributed by atoms with E-state index in [9.17, 15) is 14.9 Å². The number of aryl methyl sites for hydroxylation is 1. The summed E-state index contributed by atoms with van der Waals surface area (Å²) in [5, 5.41) is 16.5. The molecule has 1 amide bonds. The molecule has 0 aliphatic carbocycles. The molecule has 8 heteroatoms. The smallest absolute Gasteiger partial charge is 0.269 e. The minimum Gasteiger partial charge on any atom is -0.353 e. The van der Waals surface area contributed by atoms with Crippen LogP contribution in [0.5, 0.6) is 0 Å². The summed E-state index contributed by atoms with van der Waals surface area (Å²) >= 11 is 1.61. The number of benzene rings is 1. The number of hydrogen-bond acceptors (Lipinski definition) is 6. The van der Waals surface area contributed by atoms with E-state index in [0.29, 0.717) is 6.54 Å². The lowest BCUT2D eigenvalue weighted by molar-refractivity contribution is -0.384. The van der Waals surface area contributed by atoms with Crippen molar-refractivity contribution in [3.05, 3.63) is 80.9 Å². The summed E-state index contributed by atoms with van der Waals surface area (Å²) in [5.74, 6) is -0.199. The van der Waals surface area contributed by atoms with Crippen molar-refractivity contribution in [2.75, 3.05) is 6.54 Å². The molecule has 0 unspecified atom stereocenters. The molecule has 2 aromatic heterocycles. The third-order valence-electron chi connectivity index (χ3n) is 3.93. The molecule has 1 aromatic carbocycles. The Bertz CT molecular complexity index is 969. The highest BCUT2D eigenvalue weighted by Gasteiger charge is 2.05. The van der Waals surface area contributed by atoms with Crippen LogP contribution in [0.3, 0.4) is 0 Å². The number of nitro benzene ring substituents is 1. The van der Waals surface area contributed by atoms with Crippen molar-refractivity contribution in [2.24, 2.45) is 0 Å². The predicted octanol–water partition coefficient (Wildman–Crippen LogP) is 3.88. The minimum absolute atomic E-state index is 0.0240. The summed E-state index contributed by atoms with van der Waals surface area (Å²) in [6.45, 7) is 0.549. The van der Waals surface area contributed by atoms with Crippen LogP contribution in [0.25, 0.3) is 17.3 Å². The molecular formula is C20H18N4O3S. The fourth-order valence-electron chi connectivity index (χ4n) is 2.47. The van der Waals surface area contributed by atoms with Gasteiger partial charge in [-0.05, 0) is 42.3 Å². The van der Waals surface area contributed by atoms with Crippen molar-refractivity contribution < 1.29 is 9.72 Å². The number of nitro groups is 1. The number of nitrogens with one attached hydrogen (secondary N) is 1. The number of non-ortho nitro benzene ring substituents is 1. The van der Waals surface area contributed by atoms with Gasteiger partial charge < -0.3 is 5.32 Å². The topological polar surface area (TPSA) is 98.0 Å². The maximum atomic E-state index is 11.9. The lowest BCUT2D eigenvalue weighted by Crippen LogP contribution is -2.22. The molecule has 0 atom stereocenters. The average Bonchev–Trinajstić information content (AvgIpc) is 3.19. The summed E-state index contributed by atoms with van der Waals surface area (Å²) in [5.41, 5.74) is 2.74. The number of thiazole rings is 1. The van der Waals surface area contributed by atoms with Gasteiger partial charge >= 0.3 is 0 Å². The van der Waals surface area contributed by atoms with Gasteiger partial charge in [0.1, 0.15) is 0 Å². The van der Waals surface area contributed by atoms with Gasteiger partial charge in [0.15, 0.2) is 0 Å². The highest BCUT2D eigenvalue weighted by atomic mass is 32.1. The molecule has 0 saturated heterocycles. The molecule has 0 aliphatic rings. The fraction of sp³-hybridized carbons (Fsp3) is 0.150. The molecule has 0 saturated carbocycles. The van der Waals surface area contributed by atoms with Gasteiger partial charge in [0.25, 0.3) is 5.69 Å². The number of carbonyl (C=O) groups is 1. The van der Waals surface area contributed by atoms with E-state index in [1.165, 1.54) is 18.2 Å². The van der Waals surface area contributed by atoms with E-state index < -0.39 is 4.92 Å². The van der Waals surface area contributed by atoms with Crippen molar-refractivity contribution in [2.45, 2.75) is 12.8 Å². The first-order valence-corrected chi connectivity index (χ1v) is 9.55. The van der Waals surface area contributed by atoms with Crippen LogP contribution in [0.15, 0.2) is 60.2 Å². The molecule has 2 heterocycles. The third-order valence-corrected chi connectivity index (χ3v) is 4.83. The molecule has 0 fully saturated rings. The van der Waals surface area contributed by atoms with Gasteiger partial charge in [0, 0.05) is 54.5 Å². The van der Waals surface area contributed by atoms with Gasteiger partial charge in [-0.15, -0.1) is 11.3 Å². The minimum atomic E-state index is -0.456. The first-order chi connectivity index (χ1) is 13.6. The van der Waals surface area contributed by atoms with E-state index in [0.717, 1.165) is 34.7 Å². The van der Waals surface area contributed by atoms with Gasteiger partial charge in [0.2, 0.25) is 5.91 Å². The number of carbonyl (C=O) groups excluding carboxylic acids is 1. The molecule has 0 bridgehead atoms. The number of pyridine rings is 1. The Morgan fingerprint density at radius 2 is 1.93 bits per heavy atom. The maximum Gasteiger partial charge on any atom is 0.269 e. The van der Waals surface area contributed by atoms with E-state index >= 15 is 0 Å². The Morgan fingerprint density at radius 3 is 2.64 bits per heavy atom. The number of hydrogen-bond donors (Lipinski definition) is 1. The Kier molecular flexibility index (Phi) is 6.59. The Hall–Kier alpha value is -3.39. The van der Waals surface area contributed by atoms with Gasteiger partial charge in [-0.25, -0.2) is 4.98 Å². The van der Waals surface area contributed by atoms with E-state index in [1.54, 1.807) is 41.9 Å². The average molecular weight is 394 g/mol. The third kappa shape index (κ3) is 5.55. The lowest BCUT2D eigenvalue weighted by Gasteiger charge is -2.01. The van der Waals surface area contributed by atoms with Crippen molar-refractivity contribution >= 4 is 29.0 Å². The van der Waals surface area contributed by atoms with Crippen LogP contribution in [-0.2, 0) is 11.2 Å². The fourth-order valence-corrected chi connectivity index (χ4v) is 3.32. The van der Waals surface area contributed by atoms with Gasteiger partial charge in [-0.1, -0.05) is 0 Å². The van der Waals surface area contributed by atoms with Crippen LogP contribution in [-0.4, -0.2) is 27.3 Å². The molecule has 3 aromatic rings. The number of aromatic nitrogens is 2. The second kappa shape index (κ2) is 9.52. The first kappa shape index (κ1) is 19.4. The largest absolute Gasteiger partial charge is 0.353 e. The van der Waals surface area contributed by atoms with Crippen LogP contribution >= 0.6 is 11.3 Å². The normalized spacial score (nSPS) is 10.9. The molecule has 142 valence electrons. The van der Waals surface area contributed by atoms with Crippen molar-refractivity contribution in [3.8, 4) is 11.3 Å². The molecule has 3 rings (SSSR count). The van der Waals surface area contributed by atoms with Crippen molar-refractivity contribution in [3.63, 3.8) is 0 Å². The van der Waals surface area contributed by atoms with Gasteiger partial charge in [-0.2, -0.15) is 0 Å². The van der Waals surface area contributed by atoms with Crippen LogP contribution in [0, 0.1) is 10.1 Å². The predicted molar refractivity (Wildman–Crippen MR) is 109 cm³/mol. The van der Waals surface area contributed by atoms with E-state index in [4.69, 9.17) is 0 Å². The van der Waals surface area contributed by atoms with Crippen LogP contribution in [0.4, 0.5) is 5.69 Å². The summed E-state index contributed by atoms with van der Waals surface area (Å²) in [4.78, 5) is 30.6. The summed E-state index contributed by atoms with van der Waals surface area (Å²) in [7, 11) is 0. The zero-order valence-corrected chi connectivity index (χ0v) is 15.8. The molecule has 0 radical (unpaired) electrons. The Morgan fingerprint density at radius 1 is 1.18 bits per heavy atom. The highest BCUT2D eigenvalue weighted by Crippen LogP contribution is 2.21. The molecule has 0 spiro atoms. The maximum absolute atomic E-state index is 11.9. The quantitative estimate of drug-likeness (QED) is 0.271. The van der Waals surface area contributed by atoms with Gasteiger partial charge in [-0.3, -0.25) is 19.9 Å². The monoisotopic (exact) mass is 394 g/mol. The summed E-state index contributed by atoms with van der Waals surface area (Å²) in [6.07, 6.45) is 8.12. The van der Waals surface area contributed by atoms with Crippen molar-refractivity contribution in [1.29, 1.82) is 0 Å². The zero-order chi connectivity index (χ0) is 19.8. The molecule has 1 N–H and O–H groups in total. The van der Waals surface area contributed by atoms with Crippen LogP contribution in [0.2, 0.25) is 0 Å². The van der Waals surface area contributed by atoms with E-state index in [2.05, 4.69) is 15.3 Å².